The first-order valence-electron chi connectivity index (χ1n) is 4.84. The Bertz CT molecular complexity index is 296. The van der Waals surface area contributed by atoms with Crippen LogP contribution in [0.3, 0.4) is 0 Å². The Morgan fingerprint density at radius 2 is 2.29 bits per heavy atom. The van der Waals surface area contributed by atoms with Crippen molar-refractivity contribution in [3.8, 4) is 0 Å². The summed E-state index contributed by atoms with van der Waals surface area (Å²) in [4.78, 5) is 1.20. The van der Waals surface area contributed by atoms with Crippen molar-refractivity contribution in [3.05, 3.63) is 21.3 Å². The van der Waals surface area contributed by atoms with Crippen molar-refractivity contribution < 1.29 is 4.74 Å². The van der Waals surface area contributed by atoms with E-state index in [9.17, 15) is 0 Å². The SMILES string of the molecule is NCC1CC(OCc2ccc(Cl)s2)C1. The van der Waals surface area contributed by atoms with E-state index >= 15 is 0 Å². The lowest BCUT2D eigenvalue weighted by atomic mass is 9.82. The minimum absolute atomic E-state index is 0.421. The van der Waals surface area contributed by atoms with Crippen LogP contribution in [0.5, 0.6) is 0 Å². The molecule has 1 saturated carbocycles. The summed E-state index contributed by atoms with van der Waals surface area (Å²) in [6.45, 7) is 1.49. The van der Waals surface area contributed by atoms with Gasteiger partial charge in [-0.3, -0.25) is 0 Å². The Hall–Kier alpha value is -0.0900. The van der Waals surface area contributed by atoms with E-state index < -0.39 is 0 Å². The van der Waals surface area contributed by atoms with E-state index in [4.69, 9.17) is 22.1 Å². The second-order valence-corrected chi connectivity index (χ2v) is 5.51. The molecule has 0 aromatic carbocycles. The van der Waals surface area contributed by atoms with E-state index in [0.717, 1.165) is 23.7 Å². The number of nitrogens with two attached hydrogens (primary N) is 1. The highest BCUT2D eigenvalue weighted by Crippen LogP contribution is 2.30. The molecule has 78 valence electrons. The molecule has 1 aliphatic carbocycles. The number of hydrogen-bond acceptors (Lipinski definition) is 3. The number of rotatable bonds is 4. The number of ether oxygens (including phenoxy) is 1. The van der Waals surface area contributed by atoms with Gasteiger partial charge in [0.05, 0.1) is 17.0 Å². The third-order valence-corrected chi connectivity index (χ3v) is 3.82. The number of thiophene rings is 1. The van der Waals surface area contributed by atoms with Gasteiger partial charge in [-0.05, 0) is 37.4 Å². The average molecular weight is 232 g/mol. The van der Waals surface area contributed by atoms with E-state index in [1.54, 1.807) is 11.3 Å². The number of hydrogen-bond donors (Lipinski definition) is 1. The van der Waals surface area contributed by atoms with Crippen molar-refractivity contribution in [2.24, 2.45) is 11.7 Å². The molecule has 0 aliphatic heterocycles. The summed E-state index contributed by atoms with van der Waals surface area (Å²) in [7, 11) is 0. The molecule has 14 heavy (non-hydrogen) atoms. The van der Waals surface area contributed by atoms with Crippen LogP contribution < -0.4 is 5.73 Å². The first-order valence-corrected chi connectivity index (χ1v) is 6.03. The molecule has 0 radical (unpaired) electrons. The first kappa shape index (κ1) is 10.4. The summed E-state index contributed by atoms with van der Waals surface area (Å²) in [6, 6.07) is 3.93. The minimum Gasteiger partial charge on any atom is -0.373 e. The zero-order valence-corrected chi connectivity index (χ0v) is 9.48. The van der Waals surface area contributed by atoms with E-state index in [0.29, 0.717) is 18.6 Å². The van der Waals surface area contributed by atoms with Gasteiger partial charge >= 0.3 is 0 Å². The zero-order valence-electron chi connectivity index (χ0n) is 7.91. The highest BCUT2D eigenvalue weighted by molar-refractivity contribution is 7.16. The lowest BCUT2D eigenvalue weighted by Crippen LogP contribution is -2.35. The second-order valence-electron chi connectivity index (χ2n) is 3.71. The summed E-state index contributed by atoms with van der Waals surface area (Å²) < 4.78 is 6.54. The van der Waals surface area contributed by atoms with E-state index in [-0.39, 0.29) is 0 Å². The molecule has 2 N–H and O–H groups in total. The van der Waals surface area contributed by atoms with E-state index in [2.05, 4.69) is 0 Å². The summed E-state index contributed by atoms with van der Waals surface area (Å²) in [5.41, 5.74) is 5.54. The molecule has 1 aromatic heterocycles. The Balaban J connectivity index is 1.69. The molecule has 1 aromatic rings. The van der Waals surface area contributed by atoms with E-state index in [1.165, 1.54) is 4.88 Å². The highest BCUT2D eigenvalue weighted by atomic mass is 35.5. The molecular formula is C10H14ClNOS. The monoisotopic (exact) mass is 231 g/mol. The van der Waals surface area contributed by atoms with Crippen molar-refractivity contribution in [1.82, 2.24) is 0 Å². The van der Waals surface area contributed by atoms with Gasteiger partial charge in [0, 0.05) is 4.88 Å². The first-order chi connectivity index (χ1) is 6.78. The van der Waals surface area contributed by atoms with Crippen LogP contribution in [0.2, 0.25) is 4.34 Å². The quantitative estimate of drug-likeness (QED) is 0.865. The fourth-order valence-electron chi connectivity index (χ4n) is 1.63. The summed E-state index contributed by atoms with van der Waals surface area (Å²) in [5, 5.41) is 0. The van der Waals surface area contributed by atoms with Crippen LogP contribution in [0.25, 0.3) is 0 Å². The predicted octanol–water partition coefficient (Wildman–Crippen LogP) is 2.66. The van der Waals surface area contributed by atoms with Gasteiger partial charge in [0.1, 0.15) is 0 Å². The molecule has 0 spiro atoms. The van der Waals surface area contributed by atoms with E-state index in [1.807, 2.05) is 12.1 Å². The van der Waals surface area contributed by atoms with Crippen LogP contribution in [0, 0.1) is 5.92 Å². The van der Waals surface area contributed by atoms with Crippen molar-refractivity contribution >= 4 is 22.9 Å². The number of halogens is 1. The molecule has 0 unspecified atom stereocenters. The highest BCUT2D eigenvalue weighted by Gasteiger charge is 2.28. The normalized spacial score (nSPS) is 26.1. The van der Waals surface area contributed by atoms with Gasteiger partial charge < -0.3 is 10.5 Å². The third-order valence-electron chi connectivity index (χ3n) is 2.62. The fraction of sp³-hybridized carbons (Fsp3) is 0.600. The third kappa shape index (κ3) is 2.48. The van der Waals surface area contributed by atoms with Crippen LogP contribution in [0.1, 0.15) is 17.7 Å². The van der Waals surface area contributed by atoms with Gasteiger partial charge in [0.25, 0.3) is 0 Å². The lowest BCUT2D eigenvalue weighted by Gasteiger charge is -2.34. The molecule has 2 rings (SSSR count). The zero-order chi connectivity index (χ0) is 9.97. The van der Waals surface area contributed by atoms with Crippen LogP contribution >= 0.6 is 22.9 Å². The fourth-order valence-corrected chi connectivity index (χ4v) is 2.64. The van der Waals surface area contributed by atoms with Crippen LogP contribution in [0.4, 0.5) is 0 Å². The maximum atomic E-state index is 5.82. The molecule has 0 saturated heterocycles. The lowest BCUT2D eigenvalue weighted by molar-refractivity contribution is -0.0365. The minimum atomic E-state index is 0.421. The van der Waals surface area contributed by atoms with Crippen LogP contribution in [-0.4, -0.2) is 12.6 Å². The molecule has 1 aliphatic rings. The standard InChI is InChI=1S/C10H14ClNOS/c11-10-2-1-9(14-10)6-13-8-3-7(4-8)5-12/h1-2,7-8H,3-6,12H2. The van der Waals surface area contributed by atoms with Gasteiger partial charge in [-0.15, -0.1) is 11.3 Å². The van der Waals surface area contributed by atoms with Crippen molar-refractivity contribution in [1.29, 1.82) is 0 Å². The van der Waals surface area contributed by atoms with Crippen LogP contribution in [0.15, 0.2) is 12.1 Å². The maximum Gasteiger partial charge on any atom is 0.0932 e. The average Bonchev–Trinajstić information content (AvgIpc) is 2.49. The molecule has 0 amide bonds. The molecule has 0 bridgehead atoms. The Labute approximate surface area is 93.0 Å². The molecular weight excluding hydrogens is 218 g/mol. The Kier molecular flexibility index (Phi) is 3.44. The smallest absolute Gasteiger partial charge is 0.0932 e. The Morgan fingerprint density at radius 1 is 1.50 bits per heavy atom. The Morgan fingerprint density at radius 3 is 2.86 bits per heavy atom. The molecule has 1 fully saturated rings. The predicted molar refractivity (Wildman–Crippen MR) is 59.7 cm³/mol. The molecule has 0 atom stereocenters. The van der Waals surface area contributed by atoms with Gasteiger partial charge in [-0.1, -0.05) is 11.6 Å². The summed E-state index contributed by atoms with van der Waals surface area (Å²) in [6.07, 6.45) is 2.66. The topological polar surface area (TPSA) is 35.2 Å². The van der Waals surface area contributed by atoms with Gasteiger partial charge in [0.15, 0.2) is 0 Å². The van der Waals surface area contributed by atoms with Crippen molar-refractivity contribution in [3.63, 3.8) is 0 Å². The summed E-state index contributed by atoms with van der Waals surface area (Å²) in [5.74, 6) is 0.687. The summed E-state index contributed by atoms with van der Waals surface area (Å²) >= 11 is 7.40. The van der Waals surface area contributed by atoms with Gasteiger partial charge in [0.2, 0.25) is 0 Å². The van der Waals surface area contributed by atoms with Gasteiger partial charge in [-0.25, -0.2) is 0 Å². The molecule has 4 heteroatoms. The molecule has 1 heterocycles. The van der Waals surface area contributed by atoms with Crippen LogP contribution in [-0.2, 0) is 11.3 Å². The second kappa shape index (κ2) is 4.62. The van der Waals surface area contributed by atoms with Crippen molar-refractivity contribution in [2.75, 3.05) is 6.54 Å². The maximum absolute atomic E-state index is 5.82. The largest absolute Gasteiger partial charge is 0.373 e. The van der Waals surface area contributed by atoms with Crippen molar-refractivity contribution in [2.45, 2.75) is 25.6 Å². The molecule has 2 nitrogen and oxygen atoms in total. The van der Waals surface area contributed by atoms with Gasteiger partial charge in [-0.2, -0.15) is 0 Å².